The molecule has 27 heavy (non-hydrogen) atoms. The number of thiazole rings is 1. The molecular formula is C19H25N3O3S2. The van der Waals surface area contributed by atoms with Crippen LogP contribution in [0.25, 0.3) is 11.3 Å². The highest BCUT2D eigenvalue weighted by Gasteiger charge is 2.28. The van der Waals surface area contributed by atoms with Crippen molar-refractivity contribution < 1.29 is 13.2 Å². The minimum absolute atomic E-state index is 0.0257. The molecule has 0 aliphatic carbocycles. The largest absolute Gasteiger partial charge is 0.356 e. The molecule has 0 bridgehead atoms. The molecule has 1 N–H and O–H groups in total. The van der Waals surface area contributed by atoms with Crippen LogP contribution in [0, 0.1) is 12.8 Å². The van der Waals surface area contributed by atoms with Crippen molar-refractivity contribution in [3.8, 4) is 11.3 Å². The summed E-state index contributed by atoms with van der Waals surface area (Å²) in [6.07, 6.45) is 3.15. The fourth-order valence-corrected chi connectivity index (χ4v) is 4.76. The molecule has 1 saturated heterocycles. The van der Waals surface area contributed by atoms with Crippen molar-refractivity contribution in [1.29, 1.82) is 0 Å². The Bertz CT molecular complexity index is 883. The molecule has 1 amide bonds. The number of piperidine rings is 1. The number of rotatable bonds is 6. The van der Waals surface area contributed by atoms with Crippen LogP contribution in [0.3, 0.4) is 0 Å². The molecule has 0 atom stereocenters. The van der Waals surface area contributed by atoms with Crippen molar-refractivity contribution in [2.24, 2.45) is 5.92 Å². The minimum atomic E-state index is -3.15. The first-order chi connectivity index (χ1) is 12.8. The molecule has 1 aromatic carbocycles. The van der Waals surface area contributed by atoms with Gasteiger partial charge in [0.25, 0.3) is 0 Å². The van der Waals surface area contributed by atoms with Crippen molar-refractivity contribution in [2.45, 2.75) is 26.2 Å². The normalized spacial score (nSPS) is 16.4. The van der Waals surface area contributed by atoms with Crippen LogP contribution in [0.2, 0.25) is 0 Å². The van der Waals surface area contributed by atoms with E-state index in [2.05, 4.69) is 39.9 Å². The Morgan fingerprint density at radius 2 is 1.93 bits per heavy atom. The number of carbonyl (C=O) groups excluding carboxylic acids is 1. The van der Waals surface area contributed by atoms with E-state index in [0.29, 0.717) is 32.5 Å². The molecule has 0 radical (unpaired) electrons. The van der Waals surface area contributed by atoms with E-state index in [9.17, 15) is 13.2 Å². The number of aromatic nitrogens is 1. The zero-order valence-electron chi connectivity index (χ0n) is 15.6. The predicted octanol–water partition coefficient (Wildman–Crippen LogP) is 2.45. The Balaban J connectivity index is 1.44. The summed E-state index contributed by atoms with van der Waals surface area (Å²) in [4.78, 5) is 16.8. The Hall–Kier alpha value is -1.77. The van der Waals surface area contributed by atoms with Gasteiger partial charge in [-0.15, -0.1) is 11.3 Å². The van der Waals surface area contributed by atoms with Gasteiger partial charge in [0.15, 0.2) is 0 Å². The van der Waals surface area contributed by atoms with Crippen LogP contribution < -0.4 is 5.32 Å². The lowest BCUT2D eigenvalue weighted by Crippen LogP contribution is -2.42. The average Bonchev–Trinajstić information content (AvgIpc) is 3.08. The Morgan fingerprint density at radius 1 is 1.26 bits per heavy atom. The quantitative estimate of drug-likeness (QED) is 0.798. The fourth-order valence-electron chi connectivity index (χ4n) is 3.26. The molecular weight excluding hydrogens is 382 g/mol. The third-order valence-electron chi connectivity index (χ3n) is 4.88. The number of benzene rings is 1. The van der Waals surface area contributed by atoms with Crippen molar-refractivity contribution in [3.63, 3.8) is 0 Å². The molecule has 1 aliphatic heterocycles. The number of hydrogen-bond donors (Lipinski definition) is 1. The van der Waals surface area contributed by atoms with Crippen LogP contribution >= 0.6 is 11.3 Å². The molecule has 0 saturated carbocycles. The van der Waals surface area contributed by atoms with E-state index >= 15 is 0 Å². The van der Waals surface area contributed by atoms with Gasteiger partial charge >= 0.3 is 0 Å². The fraction of sp³-hybridized carbons (Fsp3) is 0.474. The van der Waals surface area contributed by atoms with E-state index < -0.39 is 10.0 Å². The summed E-state index contributed by atoms with van der Waals surface area (Å²) in [5.41, 5.74) is 3.26. The first kappa shape index (κ1) is 20.0. The van der Waals surface area contributed by atoms with E-state index in [1.54, 1.807) is 11.3 Å². The predicted molar refractivity (Wildman–Crippen MR) is 108 cm³/mol. The highest BCUT2D eigenvalue weighted by molar-refractivity contribution is 7.88. The van der Waals surface area contributed by atoms with Crippen LogP contribution in [0.15, 0.2) is 29.6 Å². The smallest absolute Gasteiger partial charge is 0.223 e. The average molecular weight is 408 g/mol. The summed E-state index contributed by atoms with van der Waals surface area (Å²) in [6, 6.07) is 8.26. The van der Waals surface area contributed by atoms with Crippen LogP contribution in [-0.4, -0.2) is 49.5 Å². The summed E-state index contributed by atoms with van der Waals surface area (Å²) >= 11 is 1.64. The molecule has 0 unspecified atom stereocenters. The van der Waals surface area contributed by atoms with Gasteiger partial charge in [0.2, 0.25) is 15.9 Å². The van der Waals surface area contributed by atoms with Crippen LogP contribution in [0.1, 0.15) is 23.4 Å². The summed E-state index contributed by atoms with van der Waals surface area (Å²) in [6.45, 7) is 3.43. The molecule has 6 nitrogen and oxygen atoms in total. The SMILES string of the molecule is Cc1nc(-c2ccc(CCNC(=O)C3CCN(S(C)(=O)=O)CC3)cc2)cs1. The van der Waals surface area contributed by atoms with Crippen molar-refractivity contribution in [3.05, 3.63) is 40.2 Å². The van der Waals surface area contributed by atoms with E-state index in [1.165, 1.54) is 10.6 Å². The lowest BCUT2D eigenvalue weighted by molar-refractivity contribution is -0.126. The number of aryl methyl sites for hydroxylation is 1. The zero-order valence-corrected chi connectivity index (χ0v) is 17.3. The number of amides is 1. The summed E-state index contributed by atoms with van der Waals surface area (Å²) in [5.74, 6) is -0.0731. The van der Waals surface area contributed by atoms with E-state index in [-0.39, 0.29) is 11.8 Å². The molecule has 1 aliphatic rings. The number of nitrogens with one attached hydrogen (secondary N) is 1. The maximum absolute atomic E-state index is 12.3. The second-order valence-electron chi connectivity index (χ2n) is 6.93. The monoisotopic (exact) mass is 407 g/mol. The minimum Gasteiger partial charge on any atom is -0.356 e. The first-order valence-corrected chi connectivity index (χ1v) is 11.8. The third-order valence-corrected chi connectivity index (χ3v) is 6.95. The second-order valence-corrected chi connectivity index (χ2v) is 9.97. The van der Waals surface area contributed by atoms with Gasteiger partial charge in [-0.1, -0.05) is 24.3 Å². The van der Waals surface area contributed by atoms with E-state index in [0.717, 1.165) is 28.2 Å². The summed E-state index contributed by atoms with van der Waals surface area (Å²) < 4.78 is 24.5. The molecule has 2 heterocycles. The molecule has 0 spiro atoms. The standard InChI is InChI=1S/C19H25N3O3S2/c1-14-21-18(13-26-14)16-5-3-15(4-6-16)7-10-20-19(23)17-8-11-22(12-9-17)27(2,24)25/h3-6,13,17H,7-12H2,1-2H3,(H,20,23). The Labute approximate surface area is 164 Å². The first-order valence-electron chi connectivity index (χ1n) is 9.07. The van der Waals surface area contributed by atoms with Crippen molar-refractivity contribution in [1.82, 2.24) is 14.6 Å². The van der Waals surface area contributed by atoms with E-state index in [4.69, 9.17) is 0 Å². The van der Waals surface area contributed by atoms with E-state index in [1.807, 2.05) is 6.92 Å². The highest BCUT2D eigenvalue weighted by Crippen LogP contribution is 2.22. The number of sulfonamides is 1. The number of carbonyl (C=O) groups is 1. The lowest BCUT2D eigenvalue weighted by atomic mass is 9.97. The molecule has 2 aromatic rings. The third kappa shape index (κ3) is 5.37. The van der Waals surface area contributed by atoms with Gasteiger partial charge in [0.1, 0.15) is 0 Å². The van der Waals surface area contributed by atoms with Crippen molar-refractivity contribution >= 4 is 27.3 Å². The topological polar surface area (TPSA) is 79.4 Å². The van der Waals surface area contributed by atoms with Gasteiger partial charge in [0.05, 0.1) is 17.0 Å². The van der Waals surface area contributed by atoms with Crippen LogP contribution in [-0.2, 0) is 21.2 Å². The van der Waals surface area contributed by atoms with Gasteiger partial charge in [-0.2, -0.15) is 0 Å². The van der Waals surface area contributed by atoms with Crippen molar-refractivity contribution in [2.75, 3.05) is 25.9 Å². The van der Waals surface area contributed by atoms with Gasteiger partial charge < -0.3 is 5.32 Å². The Kier molecular flexibility index (Phi) is 6.29. The molecule has 8 heteroatoms. The van der Waals surface area contributed by atoms with Gasteiger partial charge in [-0.25, -0.2) is 17.7 Å². The van der Waals surface area contributed by atoms with Crippen LogP contribution in [0.5, 0.6) is 0 Å². The van der Waals surface area contributed by atoms with Gasteiger partial charge in [0, 0.05) is 36.5 Å². The highest BCUT2D eigenvalue weighted by atomic mass is 32.2. The van der Waals surface area contributed by atoms with Crippen LogP contribution in [0.4, 0.5) is 0 Å². The number of nitrogens with zero attached hydrogens (tertiary/aromatic N) is 2. The zero-order chi connectivity index (χ0) is 19.4. The molecule has 146 valence electrons. The summed E-state index contributed by atoms with van der Waals surface area (Å²) in [5, 5.41) is 6.10. The lowest BCUT2D eigenvalue weighted by Gasteiger charge is -2.29. The maximum Gasteiger partial charge on any atom is 0.223 e. The second kappa shape index (κ2) is 8.50. The van der Waals surface area contributed by atoms with Gasteiger partial charge in [-0.05, 0) is 31.7 Å². The number of hydrogen-bond acceptors (Lipinski definition) is 5. The maximum atomic E-state index is 12.3. The van der Waals surface area contributed by atoms with Gasteiger partial charge in [-0.3, -0.25) is 4.79 Å². The molecule has 1 aromatic heterocycles. The molecule has 1 fully saturated rings. The Morgan fingerprint density at radius 3 is 2.48 bits per heavy atom. The summed E-state index contributed by atoms with van der Waals surface area (Å²) in [7, 11) is -3.15. The molecule has 3 rings (SSSR count).